The molecule has 0 aliphatic rings. The first-order chi connectivity index (χ1) is 8.69. The number of rotatable bonds is 7. The Bertz CT molecular complexity index is 354. The average Bonchev–Trinajstić information content (AvgIpc) is 2.42. The molecule has 1 rings (SSSR count). The van der Waals surface area contributed by atoms with Gasteiger partial charge < -0.3 is 15.7 Å². The molecule has 1 unspecified atom stereocenters. The van der Waals surface area contributed by atoms with Crippen LogP contribution in [0.4, 0.5) is 0 Å². The number of amides is 1. The molecule has 4 nitrogen and oxygen atoms in total. The summed E-state index contributed by atoms with van der Waals surface area (Å²) in [6.07, 6.45) is 0. The van der Waals surface area contributed by atoms with Gasteiger partial charge in [0.2, 0.25) is 5.91 Å². The van der Waals surface area contributed by atoms with Crippen molar-refractivity contribution in [3.05, 3.63) is 35.9 Å². The number of benzene rings is 1. The van der Waals surface area contributed by atoms with Gasteiger partial charge in [-0.2, -0.15) is 0 Å². The molecule has 1 amide bonds. The smallest absolute Gasteiger partial charge is 0.224 e. The third-order valence-electron chi connectivity index (χ3n) is 2.85. The fourth-order valence-corrected chi connectivity index (χ4v) is 1.69. The van der Waals surface area contributed by atoms with E-state index in [1.165, 1.54) is 0 Å². The highest BCUT2D eigenvalue weighted by molar-refractivity contribution is 5.79. The molecule has 0 bridgehead atoms. The molecular weight excluding hydrogens is 228 g/mol. The van der Waals surface area contributed by atoms with Gasteiger partial charge in [-0.05, 0) is 12.1 Å². The van der Waals surface area contributed by atoms with E-state index < -0.39 is 0 Å². The molecule has 0 aliphatic carbocycles. The van der Waals surface area contributed by atoms with Gasteiger partial charge in [-0.3, -0.25) is 4.79 Å². The maximum atomic E-state index is 11.9. The Hall–Kier alpha value is -1.39. The van der Waals surface area contributed by atoms with E-state index in [2.05, 4.69) is 10.6 Å². The molecule has 0 heterocycles. The van der Waals surface area contributed by atoms with Gasteiger partial charge in [-0.1, -0.05) is 44.2 Å². The molecule has 0 aliphatic heterocycles. The first-order valence-electron chi connectivity index (χ1n) is 6.36. The zero-order valence-electron chi connectivity index (χ0n) is 11.0. The van der Waals surface area contributed by atoms with Crippen molar-refractivity contribution in [1.82, 2.24) is 10.6 Å². The number of carbonyl (C=O) groups excluding carboxylic acids is 1. The summed E-state index contributed by atoms with van der Waals surface area (Å²) in [6.45, 7) is 5.28. The van der Waals surface area contributed by atoms with E-state index in [-0.39, 0.29) is 24.5 Å². The normalized spacial score (nSPS) is 13.9. The van der Waals surface area contributed by atoms with Crippen molar-refractivity contribution < 1.29 is 9.90 Å². The summed E-state index contributed by atoms with van der Waals surface area (Å²) in [6, 6.07) is 9.17. The summed E-state index contributed by atoms with van der Waals surface area (Å²) in [7, 11) is 0. The topological polar surface area (TPSA) is 61.4 Å². The standard InChI is InChI=1S/C14H22N2O2/c1-3-15-9-11(2)14(18)16-13(10-17)12-7-5-4-6-8-12/h4-8,11,13,15,17H,3,9-10H2,1-2H3,(H,16,18)/t11?,13-/m0/s1. The molecule has 0 spiro atoms. The quantitative estimate of drug-likeness (QED) is 0.678. The Labute approximate surface area is 108 Å². The predicted molar refractivity (Wildman–Crippen MR) is 72.1 cm³/mol. The fourth-order valence-electron chi connectivity index (χ4n) is 1.69. The number of carbonyl (C=O) groups is 1. The Morgan fingerprint density at radius 1 is 1.33 bits per heavy atom. The van der Waals surface area contributed by atoms with Crippen LogP contribution in [-0.4, -0.2) is 30.7 Å². The van der Waals surface area contributed by atoms with Crippen molar-refractivity contribution in [3.63, 3.8) is 0 Å². The maximum Gasteiger partial charge on any atom is 0.224 e. The summed E-state index contributed by atoms with van der Waals surface area (Å²) in [4.78, 5) is 11.9. The number of hydrogen-bond acceptors (Lipinski definition) is 3. The van der Waals surface area contributed by atoms with Crippen LogP contribution in [0.3, 0.4) is 0 Å². The second-order valence-electron chi connectivity index (χ2n) is 4.36. The van der Waals surface area contributed by atoms with Crippen molar-refractivity contribution in [3.8, 4) is 0 Å². The first-order valence-corrected chi connectivity index (χ1v) is 6.36. The lowest BCUT2D eigenvalue weighted by molar-refractivity contribution is -0.125. The van der Waals surface area contributed by atoms with E-state index in [1.54, 1.807) is 0 Å². The van der Waals surface area contributed by atoms with E-state index in [9.17, 15) is 9.90 Å². The Balaban J connectivity index is 2.56. The molecule has 0 saturated carbocycles. The minimum Gasteiger partial charge on any atom is -0.394 e. The lowest BCUT2D eigenvalue weighted by Crippen LogP contribution is -2.38. The lowest BCUT2D eigenvalue weighted by atomic mass is 10.1. The van der Waals surface area contributed by atoms with Gasteiger partial charge >= 0.3 is 0 Å². The predicted octanol–water partition coefficient (Wildman–Crippen LogP) is 1.08. The van der Waals surface area contributed by atoms with Crippen molar-refractivity contribution in [2.45, 2.75) is 19.9 Å². The van der Waals surface area contributed by atoms with Crippen molar-refractivity contribution in [2.24, 2.45) is 5.92 Å². The van der Waals surface area contributed by atoms with Crippen molar-refractivity contribution in [2.75, 3.05) is 19.7 Å². The number of aliphatic hydroxyl groups is 1. The maximum absolute atomic E-state index is 11.9. The van der Waals surface area contributed by atoms with Crippen LogP contribution in [0.2, 0.25) is 0 Å². The number of nitrogens with one attached hydrogen (secondary N) is 2. The number of hydrogen-bond donors (Lipinski definition) is 3. The van der Waals surface area contributed by atoms with Crippen molar-refractivity contribution in [1.29, 1.82) is 0 Å². The second kappa shape index (κ2) is 7.84. The molecule has 4 heteroatoms. The average molecular weight is 250 g/mol. The van der Waals surface area contributed by atoms with Gasteiger partial charge in [0, 0.05) is 12.5 Å². The van der Waals surface area contributed by atoms with Crippen molar-refractivity contribution >= 4 is 5.91 Å². The highest BCUT2D eigenvalue weighted by Gasteiger charge is 2.17. The monoisotopic (exact) mass is 250 g/mol. The molecule has 3 N–H and O–H groups in total. The van der Waals surface area contributed by atoms with E-state index in [1.807, 2.05) is 44.2 Å². The third-order valence-corrected chi connectivity index (χ3v) is 2.85. The van der Waals surface area contributed by atoms with Gasteiger partial charge in [0.05, 0.1) is 12.6 Å². The van der Waals surface area contributed by atoms with Gasteiger partial charge in [0.15, 0.2) is 0 Å². The summed E-state index contributed by atoms with van der Waals surface area (Å²) in [5.41, 5.74) is 0.920. The first kappa shape index (κ1) is 14.7. The Morgan fingerprint density at radius 3 is 2.56 bits per heavy atom. The highest BCUT2D eigenvalue weighted by Crippen LogP contribution is 2.12. The van der Waals surface area contributed by atoms with E-state index in [4.69, 9.17) is 0 Å². The van der Waals surface area contributed by atoms with Gasteiger partial charge in [0.25, 0.3) is 0 Å². The molecule has 2 atom stereocenters. The summed E-state index contributed by atoms with van der Waals surface area (Å²) < 4.78 is 0. The Morgan fingerprint density at radius 2 is 2.00 bits per heavy atom. The zero-order chi connectivity index (χ0) is 13.4. The lowest BCUT2D eigenvalue weighted by Gasteiger charge is -2.19. The van der Waals surface area contributed by atoms with Gasteiger partial charge in [-0.25, -0.2) is 0 Å². The second-order valence-corrected chi connectivity index (χ2v) is 4.36. The summed E-state index contributed by atoms with van der Waals surface area (Å²) in [5, 5.41) is 15.4. The molecule has 0 radical (unpaired) electrons. The molecular formula is C14H22N2O2. The minimum atomic E-state index is -0.331. The number of aliphatic hydroxyl groups excluding tert-OH is 1. The third kappa shape index (κ3) is 4.47. The highest BCUT2D eigenvalue weighted by atomic mass is 16.3. The molecule has 100 valence electrons. The fraction of sp³-hybridized carbons (Fsp3) is 0.500. The zero-order valence-corrected chi connectivity index (χ0v) is 11.0. The van der Waals surface area contributed by atoms with Gasteiger partial charge in [0.1, 0.15) is 0 Å². The van der Waals surface area contributed by atoms with Crippen LogP contribution >= 0.6 is 0 Å². The largest absolute Gasteiger partial charge is 0.394 e. The van der Waals surface area contributed by atoms with Gasteiger partial charge in [-0.15, -0.1) is 0 Å². The summed E-state index contributed by atoms with van der Waals surface area (Å²) in [5.74, 6) is -0.151. The van der Waals surface area contributed by atoms with E-state index >= 15 is 0 Å². The summed E-state index contributed by atoms with van der Waals surface area (Å²) >= 11 is 0. The Kier molecular flexibility index (Phi) is 6.39. The van der Waals surface area contributed by atoms with E-state index in [0.717, 1.165) is 12.1 Å². The van der Waals surface area contributed by atoms with Crippen LogP contribution in [0, 0.1) is 5.92 Å². The van der Waals surface area contributed by atoms with E-state index in [0.29, 0.717) is 6.54 Å². The van der Waals surface area contributed by atoms with Crippen LogP contribution < -0.4 is 10.6 Å². The molecule has 1 aromatic carbocycles. The van der Waals surface area contributed by atoms with Crippen LogP contribution in [0.25, 0.3) is 0 Å². The molecule has 0 saturated heterocycles. The van der Waals surface area contributed by atoms with Crippen LogP contribution in [-0.2, 0) is 4.79 Å². The minimum absolute atomic E-state index is 0.0427. The van der Waals surface area contributed by atoms with Crippen LogP contribution in [0.15, 0.2) is 30.3 Å². The van der Waals surface area contributed by atoms with Crippen LogP contribution in [0.1, 0.15) is 25.5 Å². The molecule has 0 fully saturated rings. The van der Waals surface area contributed by atoms with Crippen LogP contribution in [0.5, 0.6) is 0 Å². The SMILES string of the molecule is CCNCC(C)C(=O)N[C@@H](CO)c1ccccc1. The molecule has 1 aromatic rings. The molecule has 0 aromatic heterocycles. The molecule has 18 heavy (non-hydrogen) atoms.